The van der Waals surface area contributed by atoms with E-state index in [0.29, 0.717) is 19.3 Å². The van der Waals surface area contributed by atoms with Gasteiger partial charge in [0.1, 0.15) is 13.2 Å². The quantitative estimate of drug-likeness (QED) is 0.0199. The molecule has 0 heterocycles. The van der Waals surface area contributed by atoms with Gasteiger partial charge in [0.15, 0.2) is 6.10 Å². The lowest BCUT2D eigenvalue weighted by Crippen LogP contribution is -2.30. The molecule has 0 bridgehead atoms. The van der Waals surface area contributed by atoms with Gasteiger partial charge in [-0.15, -0.1) is 0 Å². The highest BCUT2D eigenvalue weighted by molar-refractivity contribution is 5.71. The van der Waals surface area contributed by atoms with E-state index in [1.807, 2.05) is 0 Å². The molecule has 0 rings (SSSR count). The molecule has 63 heavy (non-hydrogen) atoms. The van der Waals surface area contributed by atoms with E-state index in [1.165, 1.54) is 135 Å². The molecule has 0 spiro atoms. The minimum absolute atomic E-state index is 0.0796. The van der Waals surface area contributed by atoms with Crippen molar-refractivity contribution in [1.29, 1.82) is 0 Å². The Morgan fingerprint density at radius 1 is 0.349 bits per heavy atom. The molecule has 0 aromatic rings. The van der Waals surface area contributed by atoms with Crippen LogP contribution in [0.3, 0.4) is 0 Å². The van der Waals surface area contributed by atoms with Crippen LogP contribution in [0.5, 0.6) is 0 Å². The zero-order valence-electron chi connectivity index (χ0n) is 41.6. The number of ether oxygens (including phenoxy) is 3. The van der Waals surface area contributed by atoms with Gasteiger partial charge in [0.2, 0.25) is 0 Å². The summed E-state index contributed by atoms with van der Waals surface area (Å²) in [6, 6.07) is 0. The summed E-state index contributed by atoms with van der Waals surface area (Å²) in [5.41, 5.74) is 0. The van der Waals surface area contributed by atoms with E-state index in [0.717, 1.165) is 89.9 Å². The van der Waals surface area contributed by atoms with Crippen LogP contribution in [-0.2, 0) is 28.6 Å². The van der Waals surface area contributed by atoms with Crippen molar-refractivity contribution in [1.82, 2.24) is 0 Å². The summed E-state index contributed by atoms with van der Waals surface area (Å²) >= 11 is 0. The highest BCUT2D eigenvalue weighted by atomic mass is 16.6. The fraction of sp³-hybridized carbons (Fsp3) is 0.772. The third kappa shape index (κ3) is 50.0. The van der Waals surface area contributed by atoms with Crippen molar-refractivity contribution in [2.75, 3.05) is 13.2 Å². The van der Waals surface area contributed by atoms with Crippen molar-refractivity contribution < 1.29 is 28.6 Å². The average Bonchev–Trinajstić information content (AvgIpc) is 3.28. The zero-order chi connectivity index (χ0) is 45.8. The summed E-state index contributed by atoms with van der Waals surface area (Å²) < 4.78 is 16.8. The zero-order valence-corrected chi connectivity index (χ0v) is 41.6. The minimum atomic E-state index is -0.781. The highest BCUT2D eigenvalue weighted by Crippen LogP contribution is 2.16. The van der Waals surface area contributed by atoms with Crippen molar-refractivity contribution >= 4 is 17.9 Å². The van der Waals surface area contributed by atoms with Crippen LogP contribution in [0.4, 0.5) is 0 Å². The second kappa shape index (κ2) is 51.7. The number of rotatable bonds is 48. The smallest absolute Gasteiger partial charge is 0.306 e. The predicted octanol–water partition coefficient (Wildman–Crippen LogP) is 17.6. The van der Waals surface area contributed by atoms with E-state index >= 15 is 0 Å². The summed E-state index contributed by atoms with van der Waals surface area (Å²) in [6.07, 6.45) is 63.5. The average molecular weight is 881 g/mol. The fourth-order valence-electron chi connectivity index (χ4n) is 7.60. The molecule has 0 radical (unpaired) electrons. The Morgan fingerprint density at radius 3 is 1.13 bits per heavy atom. The van der Waals surface area contributed by atoms with Crippen LogP contribution < -0.4 is 0 Å². The van der Waals surface area contributed by atoms with Crippen molar-refractivity contribution in [2.24, 2.45) is 0 Å². The number of unbranched alkanes of at least 4 members (excludes halogenated alkanes) is 29. The van der Waals surface area contributed by atoms with Crippen molar-refractivity contribution in [3.05, 3.63) is 60.8 Å². The van der Waals surface area contributed by atoms with Crippen LogP contribution in [0.25, 0.3) is 0 Å². The standard InChI is InChI=1S/C57H100O6/c1-4-7-10-13-16-19-22-25-28-30-32-35-38-41-44-47-50-56(59)62-53-54(52-61-55(58)49-46-43-40-37-34-31-27-24-21-18-15-12-9-6-3)63-57(60)51-48-45-42-39-36-33-29-26-23-20-17-14-11-8-5-2/h8-9,11-12,14,17-18,20-21,23,54H,4-7,10,13,15-16,19,22,24-53H2,1-3H3/b11-8-,12-9-,17-14-,21-18-,23-20-. The van der Waals surface area contributed by atoms with Crippen molar-refractivity contribution in [2.45, 2.75) is 271 Å². The molecule has 0 aliphatic heterocycles. The first-order chi connectivity index (χ1) is 31.0. The first kappa shape index (κ1) is 60.1. The maximum atomic E-state index is 12.8. The maximum absolute atomic E-state index is 12.8. The lowest BCUT2D eigenvalue weighted by molar-refractivity contribution is -0.167. The number of hydrogen-bond acceptors (Lipinski definition) is 6. The lowest BCUT2D eigenvalue weighted by atomic mass is 10.0. The minimum Gasteiger partial charge on any atom is -0.462 e. The summed E-state index contributed by atoms with van der Waals surface area (Å²) in [5, 5.41) is 0. The van der Waals surface area contributed by atoms with E-state index in [2.05, 4.69) is 81.5 Å². The molecule has 0 N–H and O–H groups in total. The van der Waals surface area contributed by atoms with Crippen LogP contribution in [0.1, 0.15) is 265 Å². The highest BCUT2D eigenvalue weighted by Gasteiger charge is 2.19. The molecular weight excluding hydrogens is 781 g/mol. The number of esters is 3. The first-order valence-electron chi connectivity index (χ1n) is 26.8. The summed E-state index contributed by atoms with van der Waals surface area (Å²) in [7, 11) is 0. The van der Waals surface area contributed by atoms with Gasteiger partial charge in [0, 0.05) is 19.3 Å². The molecule has 1 unspecified atom stereocenters. The van der Waals surface area contributed by atoms with E-state index < -0.39 is 6.10 Å². The molecule has 0 amide bonds. The number of carbonyl (C=O) groups is 3. The van der Waals surface area contributed by atoms with Gasteiger partial charge in [-0.05, 0) is 64.2 Å². The Balaban J connectivity index is 4.38. The van der Waals surface area contributed by atoms with Crippen LogP contribution in [-0.4, -0.2) is 37.2 Å². The maximum Gasteiger partial charge on any atom is 0.306 e. The molecule has 364 valence electrons. The SMILES string of the molecule is CC\C=C/C=C\C=C/CCCCCCCCCC(=O)OC(COC(=O)CCCCCCCCC/C=C\C/C=C\CC)COC(=O)CCCCCCCCCCCCCCCCCC. The molecule has 0 aliphatic carbocycles. The molecule has 0 aromatic heterocycles. The molecule has 0 saturated heterocycles. The van der Waals surface area contributed by atoms with Crippen molar-refractivity contribution in [3.63, 3.8) is 0 Å². The van der Waals surface area contributed by atoms with E-state index in [-0.39, 0.29) is 31.1 Å². The van der Waals surface area contributed by atoms with E-state index in [9.17, 15) is 14.4 Å². The number of carbonyl (C=O) groups excluding carboxylic acids is 3. The Labute approximate surface area is 390 Å². The second-order valence-electron chi connectivity index (χ2n) is 17.8. The first-order valence-corrected chi connectivity index (χ1v) is 26.8. The summed E-state index contributed by atoms with van der Waals surface area (Å²) in [4.78, 5) is 38.0. The monoisotopic (exact) mass is 881 g/mol. The van der Waals surface area contributed by atoms with Crippen molar-refractivity contribution in [3.8, 4) is 0 Å². The third-order valence-corrected chi connectivity index (χ3v) is 11.6. The van der Waals surface area contributed by atoms with Gasteiger partial charge < -0.3 is 14.2 Å². The van der Waals surface area contributed by atoms with Gasteiger partial charge in [0.25, 0.3) is 0 Å². The molecule has 0 saturated carbocycles. The molecule has 0 aromatic carbocycles. The van der Waals surface area contributed by atoms with Crippen LogP contribution in [0.2, 0.25) is 0 Å². The molecule has 0 fully saturated rings. The predicted molar refractivity (Wildman–Crippen MR) is 270 cm³/mol. The molecule has 0 aliphatic rings. The molecule has 6 heteroatoms. The molecule has 6 nitrogen and oxygen atoms in total. The Hall–Kier alpha value is -2.89. The Bertz CT molecular complexity index is 1150. The van der Waals surface area contributed by atoms with Crippen LogP contribution in [0, 0.1) is 0 Å². The number of hydrogen-bond donors (Lipinski definition) is 0. The Kier molecular flexibility index (Phi) is 49.4. The number of allylic oxidation sites excluding steroid dienone is 10. The van der Waals surface area contributed by atoms with Gasteiger partial charge >= 0.3 is 17.9 Å². The molecular formula is C57H100O6. The Morgan fingerprint density at radius 2 is 0.698 bits per heavy atom. The van der Waals surface area contributed by atoms with Gasteiger partial charge in [0.05, 0.1) is 0 Å². The van der Waals surface area contributed by atoms with Crippen LogP contribution in [0.15, 0.2) is 60.8 Å². The summed E-state index contributed by atoms with van der Waals surface area (Å²) in [6.45, 7) is 6.41. The van der Waals surface area contributed by atoms with Gasteiger partial charge in [-0.25, -0.2) is 0 Å². The van der Waals surface area contributed by atoms with Gasteiger partial charge in [-0.2, -0.15) is 0 Å². The van der Waals surface area contributed by atoms with Gasteiger partial charge in [-0.3, -0.25) is 14.4 Å². The van der Waals surface area contributed by atoms with E-state index in [4.69, 9.17) is 14.2 Å². The molecule has 1 atom stereocenters. The fourth-order valence-corrected chi connectivity index (χ4v) is 7.60. The topological polar surface area (TPSA) is 78.9 Å². The van der Waals surface area contributed by atoms with E-state index in [1.54, 1.807) is 0 Å². The lowest BCUT2D eigenvalue weighted by Gasteiger charge is -2.18. The second-order valence-corrected chi connectivity index (χ2v) is 17.8. The van der Waals surface area contributed by atoms with Gasteiger partial charge in [-0.1, -0.05) is 242 Å². The third-order valence-electron chi connectivity index (χ3n) is 11.6. The summed E-state index contributed by atoms with van der Waals surface area (Å²) in [5.74, 6) is -0.892. The normalized spacial score (nSPS) is 12.5. The largest absolute Gasteiger partial charge is 0.462 e. The van der Waals surface area contributed by atoms with Crippen LogP contribution >= 0.6 is 0 Å².